The molecule has 1 aliphatic carbocycles. The molecule has 1 aliphatic rings. The first-order valence-corrected chi connectivity index (χ1v) is 4.70. The van der Waals surface area contributed by atoms with Gasteiger partial charge in [0.15, 0.2) is 0 Å². The first-order chi connectivity index (χ1) is 6.40. The van der Waals surface area contributed by atoms with Crippen LogP contribution in [-0.2, 0) is 4.79 Å². The van der Waals surface area contributed by atoms with Gasteiger partial charge in [0, 0.05) is 24.8 Å². The van der Waals surface area contributed by atoms with E-state index in [1.807, 2.05) is 0 Å². The maximum Gasteiger partial charge on any atom is 0.389 e. The highest BCUT2D eigenvalue weighted by Crippen LogP contribution is 2.46. The Balaban J connectivity index is 2.23. The number of nitrogens with two attached hydrogens (primary N) is 1. The van der Waals surface area contributed by atoms with E-state index in [9.17, 15) is 18.0 Å². The molecule has 1 saturated carbocycles. The molecule has 0 spiro atoms. The average Bonchev–Trinajstić information content (AvgIpc) is 2.81. The predicted octanol–water partition coefficient (Wildman–Crippen LogP) is 2.03. The molecule has 0 radical (unpaired) electrons. The Morgan fingerprint density at radius 3 is 2.29 bits per heavy atom. The molecule has 5 heteroatoms. The summed E-state index contributed by atoms with van der Waals surface area (Å²) in [4.78, 5) is 11.4. The minimum atomic E-state index is -4.15. The number of hydrogen-bond donors (Lipinski definition) is 1. The Labute approximate surface area is 80.7 Å². The SMILES string of the molecule is NCC1(C(=O)CCCC(F)(F)F)CC1. The molecule has 0 bridgehead atoms. The first-order valence-electron chi connectivity index (χ1n) is 4.70. The second kappa shape index (κ2) is 3.88. The van der Waals surface area contributed by atoms with Crippen LogP contribution >= 0.6 is 0 Å². The fourth-order valence-electron chi connectivity index (χ4n) is 1.46. The first kappa shape index (κ1) is 11.5. The van der Waals surface area contributed by atoms with Gasteiger partial charge in [-0.15, -0.1) is 0 Å². The molecule has 0 unspecified atom stereocenters. The minimum absolute atomic E-state index is 0.0106. The topological polar surface area (TPSA) is 43.1 Å². The molecule has 0 aromatic heterocycles. The van der Waals surface area contributed by atoms with Gasteiger partial charge in [-0.3, -0.25) is 4.79 Å². The highest BCUT2D eigenvalue weighted by atomic mass is 19.4. The van der Waals surface area contributed by atoms with Crippen molar-refractivity contribution in [3.63, 3.8) is 0 Å². The van der Waals surface area contributed by atoms with Crippen molar-refractivity contribution < 1.29 is 18.0 Å². The quantitative estimate of drug-likeness (QED) is 0.752. The molecule has 0 amide bonds. The second-order valence-corrected chi connectivity index (χ2v) is 3.88. The van der Waals surface area contributed by atoms with E-state index in [1.54, 1.807) is 0 Å². The molecule has 0 aromatic rings. The van der Waals surface area contributed by atoms with Gasteiger partial charge in [0.1, 0.15) is 5.78 Å². The number of rotatable bonds is 5. The van der Waals surface area contributed by atoms with Gasteiger partial charge in [-0.2, -0.15) is 13.2 Å². The molecular weight excluding hydrogens is 195 g/mol. The van der Waals surface area contributed by atoms with Crippen LogP contribution in [0, 0.1) is 5.41 Å². The second-order valence-electron chi connectivity index (χ2n) is 3.88. The summed E-state index contributed by atoms with van der Waals surface area (Å²) >= 11 is 0. The van der Waals surface area contributed by atoms with Gasteiger partial charge in [-0.25, -0.2) is 0 Å². The van der Waals surface area contributed by atoms with Crippen LogP contribution in [0.4, 0.5) is 13.2 Å². The fraction of sp³-hybridized carbons (Fsp3) is 0.889. The summed E-state index contributed by atoms with van der Waals surface area (Å²) in [5, 5.41) is 0. The largest absolute Gasteiger partial charge is 0.389 e. The zero-order chi connectivity index (χ0) is 10.8. The van der Waals surface area contributed by atoms with Gasteiger partial charge in [-0.05, 0) is 19.3 Å². The molecule has 14 heavy (non-hydrogen) atoms. The van der Waals surface area contributed by atoms with Gasteiger partial charge < -0.3 is 5.73 Å². The molecule has 0 saturated heterocycles. The normalized spacial score (nSPS) is 19.4. The van der Waals surface area contributed by atoms with Crippen molar-refractivity contribution in [3.05, 3.63) is 0 Å². The number of Topliss-reactive ketones (excluding diaryl/α,β-unsaturated/α-hetero) is 1. The number of carbonyl (C=O) groups is 1. The van der Waals surface area contributed by atoms with E-state index < -0.39 is 18.0 Å². The van der Waals surface area contributed by atoms with Crippen molar-refractivity contribution in [2.45, 2.75) is 38.3 Å². The molecule has 0 aromatic carbocycles. The lowest BCUT2D eigenvalue weighted by molar-refractivity contribution is -0.137. The number of ketones is 1. The van der Waals surface area contributed by atoms with Crippen LogP contribution in [0.15, 0.2) is 0 Å². The Bertz CT molecular complexity index is 221. The Hall–Kier alpha value is -0.580. The molecule has 2 nitrogen and oxygen atoms in total. The number of carbonyl (C=O) groups excluding carboxylic acids is 1. The van der Waals surface area contributed by atoms with Crippen LogP contribution in [0.2, 0.25) is 0 Å². The molecule has 0 aliphatic heterocycles. The monoisotopic (exact) mass is 209 g/mol. The van der Waals surface area contributed by atoms with Gasteiger partial charge in [0.05, 0.1) is 0 Å². The van der Waals surface area contributed by atoms with Gasteiger partial charge in [-0.1, -0.05) is 0 Å². The summed E-state index contributed by atoms with van der Waals surface area (Å²) in [6, 6.07) is 0. The standard InChI is InChI=1S/C9H14F3NO/c10-9(11,12)3-1-2-7(14)8(6-13)4-5-8/h1-6,13H2. The van der Waals surface area contributed by atoms with E-state index >= 15 is 0 Å². The summed E-state index contributed by atoms with van der Waals surface area (Å²) < 4.78 is 35.3. The van der Waals surface area contributed by atoms with Crippen molar-refractivity contribution in [1.29, 1.82) is 0 Å². The highest BCUT2D eigenvalue weighted by molar-refractivity contribution is 5.87. The molecule has 82 valence electrons. The van der Waals surface area contributed by atoms with Gasteiger partial charge >= 0.3 is 6.18 Å². The van der Waals surface area contributed by atoms with Gasteiger partial charge in [0.2, 0.25) is 0 Å². The minimum Gasteiger partial charge on any atom is -0.329 e. The maximum atomic E-state index is 11.8. The van der Waals surface area contributed by atoms with E-state index in [0.29, 0.717) is 0 Å². The van der Waals surface area contributed by atoms with Crippen molar-refractivity contribution in [2.75, 3.05) is 6.54 Å². The summed E-state index contributed by atoms with van der Waals surface area (Å²) in [5.74, 6) is -0.0933. The molecule has 0 atom stereocenters. The third-order valence-electron chi connectivity index (χ3n) is 2.70. The van der Waals surface area contributed by atoms with Crippen LogP contribution in [0.25, 0.3) is 0 Å². The van der Waals surface area contributed by atoms with E-state index in [4.69, 9.17) is 5.73 Å². The number of halogens is 3. The number of alkyl halides is 3. The van der Waals surface area contributed by atoms with E-state index in [0.717, 1.165) is 12.8 Å². The molecule has 2 N–H and O–H groups in total. The van der Waals surface area contributed by atoms with Gasteiger partial charge in [0.25, 0.3) is 0 Å². The van der Waals surface area contributed by atoms with Crippen LogP contribution < -0.4 is 5.73 Å². The average molecular weight is 209 g/mol. The van der Waals surface area contributed by atoms with Crippen molar-refractivity contribution in [2.24, 2.45) is 11.1 Å². The third-order valence-corrected chi connectivity index (χ3v) is 2.70. The summed E-state index contributed by atoms with van der Waals surface area (Å²) in [5.41, 5.74) is 4.93. The van der Waals surface area contributed by atoms with Crippen LogP contribution in [0.1, 0.15) is 32.1 Å². The lowest BCUT2D eigenvalue weighted by Crippen LogP contribution is -2.25. The van der Waals surface area contributed by atoms with Crippen molar-refractivity contribution >= 4 is 5.78 Å². The summed E-state index contributed by atoms with van der Waals surface area (Å²) in [7, 11) is 0. The van der Waals surface area contributed by atoms with E-state index in [1.165, 1.54) is 0 Å². The summed E-state index contributed by atoms with van der Waals surface area (Å²) in [6.45, 7) is 0.276. The summed E-state index contributed by atoms with van der Waals surface area (Å²) in [6.07, 6.45) is -3.64. The zero-order valence-corrected chi connectivity index (χ0v) is 7.86. The van der Waals surface area contributed by atoms with Crippen LogP contribution in [0.5, 0.6) is 0 Å². The number of hydrogen-bond acceptors (Lipinski definition) is 2. The fourth-order valence-corrected chi connectivity index (χ4v) is 1.46. The Morgan fingerprint density at radius 2 is 1.93 bits per heavy atom. The highest BCUT2D eigenvalue weighted by Gasteiger charge is 2.47. The molecular formula is C9H14F3NO. The van der Waals surface area contributed by atoms with Crippen LogP contribution in [0.3, 0.4) is 0 Å². The smallest absolute Gasteiger partial charge is 0.329 e. The molecule has 0 heterocycles. The van der Waals surface area contributed by atoms with E-state index in [2.05, 4.69) is 0 Å². The Morgan fingerprint density at radius 1 is 1.36 bits per heavy atom. The lowest BCUT2D eigenvalue weighted by Gasteiger charge is -2.11. The third kappa shape index (κ3) is 2.97. The predicted molar refractivity (Wildman–Crippen MR) is 45.6 cm³/mol. The zero-order valence-electron chi connectivity index (χ0n) is 7.86. The molecule has 1 rings (SSSR count). The Kier molecular flexibility index (Phi) is 3.19. The van der Waals surface area contributed by atoms with Crippen molar-refractivity contribution in [1.82, 2.24) is 0 Å². The van der Waals surface area contributed by atoms with E-state index in [-0.39, 0.29) is 25.2 Å². The van der Waals surface area contributed by atoms with Crippen molar-refractivity contribution in [3.8, 4) is 0 Å². The lowest BCUT2D eigenvalue weighted by atomic mass is 9.97. The maximum absolute atomic E-state index is 11.8. The molecule has 1 fully saturated rings. The van der Waals surface area contributed by atoms with Crippen LogP contribution in [-0.4, -0.2) is 18.5 Å².